The first-order valence-electron chi connectivity index (χ1n) is 11.5. The van der Waals surface area contributed by atoms with Crippen molar-refractivity contribution < 1.29 is 0 Å². The monoisotopic (exact) mass is 354 g/mol. The molecule has 0 spiro atoms. The Morgan fingerprint density at radius 1 is 0.731 bits per heavy atom. The summed E-state index contributed by atoms with van der Waals surface area (Å²) in [6, 6.07) is 9.32. The van der Waals surface area contributed by atoms with Gasteiger partial charge in [0.05, 0.1) is 0 Å². The molecule has 0 radical (unpaired) electrons. The molecule has 2 rings (SSSR count). The molecule has 1 aliphatic rings. The van der Waals surface area contributed by atoms with Crippen LogP contribution in [0.25, 0.3) is 0 Å². The standard InChI is InChI=1S/C26H42/c1-3-5-7-11-23-15-19-25(20-16-23)13-9-10-14-26-21-17-24(18-22-26)12-8-6-4-2/h9-10,15-16,19-20,24,26H,3-8,11-14,17-18,21-22H2,1-2H3. The van der Waals surface area contributed by atoms with Crippen LogP contribution >= 0.6 is 0 Å². The van der Waals surface area contributed by atoms with E-state index in [-0.39, 0.29) is 0 Å². The van der Waals surface area contributed by atoms with Crippen LogP contribution < -0.4 is 0 Å². The molecule has 0 bridgehead atoms. The molecule has 0 nitrogen and oxygen atoms in total. The SMILES string of the molecule is CCCCCc1ccc(CC=CCC2CCC(CCCCC)CC2)cc1. The maximum absolute atomic E-state index is 2.46. The van der Waals surface area contributed by atoms with Crippen molar-refractivity contribution in [3.63, 3.8) is 0 Å². The van der Waals surface area contributed by atoms with E-state index in [1.54, 1.807) is 0 Å². The highest BCUT2D eigenvalue weighted by Gasteiger charge is 2.19. The smallest absolute Gasteiger partial charge is 0.00975 e. The summed E-state index contributed by atoms with van der Waals surface area (Å²) < 4.78 is 0. The molecule has 0 heteroatoms. The molecule has 0 aliphatic heterocycles. The molecule has 0 unspecified atom stereocenters. The maximum atomic E-state index is 2.46. The molecular formula is C26H42. The number of hydrogen-bond acceptors (Lipinski definition) is 0. The van der Waals surface area contributed by atoms with Gasteiger partial charge in [-0.3, -0.25) is 0 Å². The van der Waals surface area contributed by atoms with Crippen LogP contribution in [0.5, 0.6) is 0 Å². The molecule has 0 heterocycles. The van der Waals surface area contributed by atoms with Crippen molar-refractivity contribution in [1.82, 2.24) is 0 Å². The van der Waals surface area contributed by atoms with Crippen LogP contribution in [0.4, 0.5) is 0 Å². The fraction of sp³-hybridized carbons (Fsp3) is 0.692. The van der Waals surface area contributed by atoms with E-state index in [1.807, 2.05) is 0 Å². The predicted octanol–water partition coefficient (Wildman–Crippen LogP) is 8.29. The van der Waals surface area contributed by atoms with Crippen LogP contribution in [0.2, 0.25) is 0 Å². The van der Waals surface area contributed by atoms with E-state index in [1.165, 1.54) is 94.6 Å². The molecule has 1 aromatic rings. The zero-order valence-corrected chi connectivity index (χ0v) is 17.5. The summed E-state index contributed by atoms with van der Waals surface area (Å²) in [5.41, 5.74) is 2.96. The van der Waals surface area contributed by atoms with Gasteiger partial charge in [0.25, 0.3) is 0 Å². The molecule has 1 aromatic carbocycles. The van der Waals surface area contributed by atoms with Gasteiger partial charge in [0.15, 0.2) is 0 Å². The quantitative estimate of drug-likeness (QED) is 0.261. The zero-order chi connectivity index (χ0) is 18.5. The van der Waals surface area contributed by atoms with Crippen LogP contribution in [0.3, 0.4) is 0 Å². The van der Waals surface area contributed by atoms with Gasteiger partial charge in [-0.05, 0) is 61.5 Å². The summed E-state index contributed by atoms with van der Waals surface area (Å²) >= 11 is 0. The number of unbranched alkanes of at least 4 members (excludes halogenated alkanes) is 4. The fourth-order valence-corrected chi connectivity index (χ4v) is 4.37. The molecule has 0 N–H and O–H groups in total. The molecular weight excluding hydrogens is 312 g/mol. The lowest BCUT2D eigenvalue weighted by molar-refractivity contribution is 0.260. The van der Waals surface area contributed by atoms with E-state index in [4.69, 9.17) is 0 Å². The molecule has 146 valence electrons. The third-order valence-corrected chi connectivity index (χ3v) is 6.26. The summed E-state index contributed by atoms with van der Waals surface area (Å²) in [6.45, 7) is 4.58. The third-order valence-electron chi connectivity index (χ3n) is 6.26. The van der Waals surface area contributed by atoms with Crippen LogP contribution in [-0.4, -0.2) is 0 Å². The first-order valence-corrected chi connectivity index (χ1v) is 11.5. The van der Waals surface area contributed by atoms with E-state index in [9.17, 15) is 0 Å². The normalized spacial score (nSPS) is 20.7. The Labute approximate surface area is 163 Å². The van der Waals surface area contributed by atoms with Crippen molar-refractivity contribution in [3.05, 3.63) is 47.5 Å². The third kappa shape index (κ3) is 8.56. The van der Waals surface area contributed by atoms with Crippen LogP contribution in [-0.2, 0) is 12.8 Å². The van der Waals surface area contributed by atoms with E-state index < -0.39 is 0 Å². The summed E-state index contributed by atoms with van der Waals surface area (Å²) in [7, 11) is 0. The van der Waals surface area contributed by atoms with Gasteiger partial charge in [-0.2, -0.15) is 0 Å². The Balaban J connectivity index is 1.59. The minimum atomic E-state index is 0.953. The number of benzene rings is 1. The topological polar surface area (TPSA) is 0 Å². The molecule has 1 saturated carbocycles. The summed E-state index contributed by atoms with van der Waals surface area (Å²) in [5.74, 6) is 1.99. The molecule has 1 aliphatic carbocycles. The lowest BCUT2D eigenvalue weighted by Crippen LogP contribution is -2.14. The van der Waals surface area contributed by atoms with Crippen LogP contribution in [0.15, 0.2) is 36.4 Å². The average Bonchev–Trinajstić information content (AvgIpc) is 2.68. The van der Waals surface area contributed by atoms with Gasteiger partial charge < -0.3 is 0 Å². The van der Waals surface area contributed by atoms with Gasteiger partial charge >= 0.3 is 0 Å². The lowest BCUT2D eigenvalue weighted by Gasteiger charge is -2.27. The highest BCUT2D eigenvalue weighted by molar-refractivity contribution is 5.24. The second kappa shape index (κ2) is 13.2. The second-order valence-corrected chi connectivity index (χ2v) is 8.57. The van der Waals surface area contributed by atoms with Gasteiger partial charge in [-0.1, -0.05) is 102 Å². The van der Waals surface area contributed by atoms with E-state index in [2.05, 4.69) is 50.3 Å². The molecule has 0 aromatic heterocycles. The number of hydrogen-bond donors (Lipinski definition) is 0. The highest BCUT2D eigenvalue weighted by Crippen LogP contribution is 2.33. The van der Waals surface area contributed by atoms with E-state index in [0.717, 1.165) is 18.3 Å². The van der Waals surface area contributed by atoms with E-state index in [0.29, 0.717) is 0 Å². The Morgan fingerprint density at radius 3 is 2.04 bits per heavy atom. The van der Waals surface area contributed by atoms with Gasteiger partial charge in [-0.25, -0.2) is 0 Å². The van der Waals surface area contributed by atoms with Crippen molar-refractivity contribution in [2.45, 2.75) is 104 Å². The number of allylic oxidation sites excluding steroid dienone is 2. The Hall–Kier alpha value is -1.04. The second-order valence-electron chi connectivity index (χ2n) is 8.57. The molecule has 0 amide bonds. The van der Waals surface area contributed by atoms with Gasteiger partial charge in [0, 0.05) is 0 Å². The first kappa shape index (κ1) is 21.3. The van der Waals surface area contributed by atoms with Gasteiger partial charge in [-0.15, -0.1) is 0 Å². The summed E-state index contributed by atoms with van der Waals surface area (Å²) in [5, 5.41) is 0. The van der Waals surface area contributed by atoms with Crippen molar-refractivity contribution in [1.29, 1.82) is 0 Å². The van der Waals surface area contributed by atoms with Crippen LogP contribution in [0, 0.1) is 11.8 Å². The van der Waals surface area contributed by atoms with Gasteiger partial charge in [0.2, 0.25) is 0 Å². The molecule has 0 saturated heterocycles. The molecule has 26 heavy (non-hydrogen) atoms. The zero-order valence-electron chi connectivity index (χ0n) is 17.5. The fourth-order valence-electron chi connectivity index (χ4n) is 4.37. The van der Waals surface area contributed by atoms with Crippen molar-refractivity contribution in [2.24, 2.45) is 11.8 Å². The highest BCUT2D eigenvalue weighted by atomic mass is 14.2. The first-order chi connectivity index (χ1) is 12.8. The van der Waals surface area contributed by atoms with E-state index >= 15 is 0 Å². The van der Waals surface area contributed by atoms with Gasteiger partial charge in [0.1, 0.15) is 0 Å². The van der Waals surface area contributed by atoms with Crippen molar-refractivity contribution >= 4 is 0 Å². The lowest BCUT2D eigenvalue weighted by atomic mass is 9.78. The Kier molecular flexibility index (Phi) is 10.8. The minimum absolute atomic E-state index is 0.953. The largest absolute Gasteiger partial charge is 0.0879 e. The maximum Gasteiger partial charge on any atom is -0.00975 e. The summed E-state index contributed by atoms with van der Waals surface area (Å²) in [4.78, 5) is 0. The van der Waals surface area contributed by atoms with Crippen LogP contribution in [0.1, 0.15) is 102 Å². The van der Waals surface area contributed by atoms with Crippen molar-refractivity contribution in [2.75, 3.05) is 0 Å². The predicted molar refractivity (Wildman–Crippen MR) is 117 cm³/mol. The number of rotatable bonds is 12. The molecule has 0 atom stereocenters. The molecule has 1 fully saturated rings. The van der Waals surface area contributed by atoms with Crippen molar-refractivity contribution in [3.8, 4) is 0 Å². The Bertz CT molecular complexity index is 473. The average molecular weight is 355 g/mol. The minimum Gasteiger partial charge on any atom is -0.0879 e. The summed E-state index contributed by atoms with van der Waals surface area (Å²) in [6.07, 6.45) is 24.1. The Morgan fingerprint density at radius 2 is 1.35 bits per heavy atom. The number of aryl methyl sites for hydroxylation is 1.